The van der Waals surface area contributed by atoms with Gasteiger partial charge in [-0.05, 0) is 49.7 Å². The fourth-order valence-electron chi connectivity index (χ4n) is 4.79. The third-order valence-corrected chi connectivity index (χ3v) is 6.99. The maximum Gasteiger partial charge on any atom is 0.573 e. The second kappa shape index (κ2) is 13.9. The predicted octanol–water partition coefficient (Wildman–Crippen LogP) is 4.55. The number of ether oxygens (including phenoxy) is 1. The molecule has 4 rings (SSSR count). The molecule has 3 aromatic rings. The van der Waals surface area contributed by atoms with E-state index in [0.717, 1.165) is 37.4 Å². The molecule has 0 bridgehead atoms. The Morgan fingerprint density at radius 3 is 2.45 bits per heavy atom. The molecule has 224 valence electrons. The lowest BCUT2D eigenvalue weighted by atomic mass is 9.86. The lowest BCUT2D eigenvalue weighted by molar-refractivity contribution is -0.384. The summed E-state index contributed by atoms with van der Waals surface area (Å²) in [5.41, 5.74) is 6.97. The van der Waals surface area contributed by atoms with Crippen LogP contribution in [0.5, 0.6) is 5.75 Å². The van der Waals surface area contributed by atoms with Crippen molar-refractivity contribution < 1.29 is 27.6 Å². The van der Waals surface area contributed by atoms with Crippen LogP contribution in [0.4, 0.5) is 30.6 Å². The summed E-state index contributed by atoms with van der Waals surface area (Å²) in [6, 6.07) is 14.5. The van der Waals surface area contributed by atoms with Gasteiger partial charge in [-0.25, -0.2) is 4.98 Å². The van der Waals surface area contributed by atoms with Gasteiger partial charge in [0.05, 0.1) is 11.0 Å². The zero-order chi connectivity index (χ0) is 30.1. The van der Waals surface area contributed by atoms with Crippen LogP contribution in [0.1, 0.15) is 36.8 Å². The van der Waals surface area contributed by atoms with Crippen molar-refractivity contribution in [1.82, 2.24) is 15.3 Å². The van der Waals surface area contributed by atoms with E-state index in [2.05, 4.69) is 30.7 Å². The number of aromatic nitrogens is 2. The van der Waals surface area contributed by atoms with Crippen molar-refractivity contribution >= 4 is 23.4 Å². The molecule has 0 saturated heterocycles. The quantitative estimate of drug-likeness (QED) is 0.176. The molecular formula is C28H32F3N7O4. The molecule has 1 aliphatic rings. The topological polar surface area (TPSA) is 157 Å². The van der Waals surface area contributed by atoms with Gasteiger partial charge >= 0.3 is 12.0 Å². The number of anilines is 2. The molecule has 1 heterocycles. The van der Waals surface area contributed by atoms with Gasteiger partial charge in [0.15, 0.2) is 0 Å². The standard InChI is InChI=1S/C28H32F3N7O4/c29-28(30,31)42-24-9-5-4-8-20(24)16-34-27-35-17-23(38(40)41)25(37-27)33-15-19-10-12-21(13-11-19)36-26(39)22(32)14-18-6-2-1-3-7-18/h1-9,17,19,21-22H,10-16,32H2,(H,36,39)(H2,33,34,35,37)/t19?,21?,22-/m1/s1. The predicted molar refractivity (Wildman–Crippen MR) is 150 cm³/mol. The monoisotopic (exact) mass is 587 g/mol. The Hall–Kier alpha value is -4.46. The number of carbonyl (C=O) groups excluding carboxylic acids is 1. The summed E-state index contributed by atoms with van der Waals surface area (Å²) in [7, 11) is 0. The summed E-state index contributed by atoms with van der Waals surface area (Å²) in [6.07, 6.45) is -0.299. The molecule has 11 nitrogen and oxygen atoms in total. The van der Waals surface area contributed by atoms with Gasteiger partial charge in [0.1, 0.15) is 11.9 Å². The number of rotatable bonds is 12. The largest absolute Gasteiger partial charge is 0.573 e. The molecule has 0 unspecified atom stereocenters. The van der Waals surface area contributed by atoms with Crippen LogP contribution in [0.25, 0.3) is 0 Å². The molecule has 0 aliphatic heterocycles. The highest BCUT2D eigenvalue weighted by Crippen LogP contribution is 2.29. The minimum Gasteiger partial charge on any atom is -0.405 e. The number of alkyl halides is 3. The first kappa shape index (κ1) is 30.5. The maximum atomic E-state index is 12.7. The Balaban J connectivity index is 1.28. The number of nitrogens with two attached hydrogens (primary N) is 1. The molecular weight excluding hydrogens is 555 g/mol. The molecule has 1 aliphatic carbocycles. The molecule has 1 saturated carbocycles. The van der Waals surface area contributed by atoms with Gasteiger partial charge in [-0.1, -0.05) is 48.5 Å². The fourth-order valence-corrected chi connectivity index (χ4v) is 4.79. The molecule has 0 spiro atoms. The van der Waals surface area contributed by atoms with Crippen LogP contribution in [-0.4, -0.2) is 45.8 Å². The number of amides is 1. The molecule has 1 fully saturated rings. The average molecular weight is 588 g/mol. The summed E-state index contributed by atoms with van der Waals surface area (Å²) in [5.74, 6) is -0.372. The number of carbonyl (C=O) groups is 1. The number of hydrogen-bond donors (Lipinski definition) is 4. The molecule has 0 radical (unpaired) electrons. The summed E-state index contributed by atoms with van der Waals surface area (Å²) >= 11 is 0. The van der Waals surface area contributed by atoms with Crippen molar-refractivity contribution in [3.05, 3.63) is 82.0 Å². The van der Waals surface area contributed by atoms with Gasteiger partial charge in [0.25, 0.3) is 0 Å². The molecule has 5 N–H and O–H groups in total. The summed E-state index contributed by atoms with van der Waals surface area (Å²) in [6.45, 7) is 0.308. The fraction of sp³-hybridized carbons (Fsp3) is 0.393. The Kier molecular flexibility index (Phi) is 10.1. The first-order valence-corrected chi connectivity index (χ1v) is 13.5. The average Bonchev–Trinajstić information content (AvgIpc) is 2.96. The zero-order valence-electron chi connectivity index (χ0n) is 22.6. The maximum absolute atomic E-state index is 12.7. The van der Waals surface area contributed by atoms with Gasteiger partial charge in [-0.15, -0.1) is 13.2 Å². The lowest BCUT2D eigenvalue weighted by Crippen LogP contribution is -2.47. The van der Waals surface area contributed by atoms with Crippen LogP contribution < -0.4 is 26.4 Å². The Morgan fingerprint density at radius 2 is 1.76 bits per heavy atom. The van der Waals surface area contributed by atoms with Gasteiger partial charge in [0.2, 0.25) is 17.7 Å². The minimum atomic E-state index is -4.85. The van der Waals surface area contributed by atoms with E-state index >= 15 is 0 Å². The summed E-state index contributed by atoms with van der Waals surface area (Å²) < 4.78 is 42.2. The molecule has 42 heavy (non-hydrogen) atoms. The number of benzene rings is 2. The Morgan fingerprint density at radius 1 is 1.07 bits per heavy atom. The van der Waals surface area contributed by atoms with Crippen LogP contribution in [0.2, 0.25) is 0 Å². The van der Waals surface area contributed by atoms with Gasteiger partial charge in [0, 0.05) is 24.7 Å². The lowest BCUT2D eigenvalue weighted by Gasteiger charge is -2.30. The van der Waals surface area contributed by atoms with E-state index in [1.54, 1.807) is 6.07 Å². The first-order chi connectivity index (χ1) is 20.1. The van der Waals surface area contributed by atoms with Crippen molar-refractivity contribution in [2.45, 2.75) is 57.1 Å². The van der Waals surface area contributed by atoms with Crippen LogP contribution in [-0.2, 0) is 17.8 Å². The zero-order valence-corrected chi connectivity index (χ0v) is 22.6. The number of hydrogen-bond acceptors (Lipinski definition) is 9. The second-order valence-corrected chi connectivity index (χ2v) is 10.1. The number of nitrogens with one attached hydrogen (secondary N) is 3. The van der Waals surface area contributed by atoms with E-state index in [-0.39, 0.29) is 53.2 Å². The van der Waals surface area contributed by atoms with Crippen LogP contribution >= 0.6 is 0 Å². The normalized spacial score (nSPS) is 17.6. The van der Waals surface area contributed by atoms with E-state index in [0.29, 0.717) is 13.0 Å². The van der Waals surface area contributed by atoms with E-state index in [9.17, 15) is 28.1 Å². The molecule has 14 heteroatoms. The van der Waals surface area contributed by atoms with Gasteiger partial charge in [-0.3, -0.25) is 14.9 Å². The smallest absolute Gasteiger partial charge is 0.405 e. The summed E-state index contributed by atoms with van der Waals surface area (Å²) in [4.78, 5) is 31.6. The first-order valence-electron chi connectivity index (χ1n) is 13.5. The van der Waals surface area contributed by atoms with E-state index in [1.807, 2.05) is 30.3 Å². The number of nitrogens with zero attached hydrogens (tertiary/aromatic N) is 3. The Bertz CT molecular complexity index is 1350. The Labute approximate surface area is 240 Å². The third kappa shape index (κ3) is 9.03. The molecule has 1 amide bonds. The van der Waals surface area contributed by atoms with Crippen molar-refractivity contribution in [2.24, 2.45) is 11.7 Å². The van der Waals surface area contributed by atoms with E-state index in [1.165, 1.54) is 18.2 Å². The van der Waals surface area contributed by atoms with Crippen LogP contribution in [0.3, 0.4) is 0 Å². The highest BCUT2D eigenvalue weighted by Gasteiger charge is 2.32. The number of nitro groups is 1. The molecule has 1 aromatic heterocycles. The number of halogens is 3. The van der Waals surface area contributed by atoms with E-state index < -0.39 is 17.3 Å². The third-order valence-electron chi connectivity index (χ3n) is 6.99. The van der Waals surface area contributed by atoms with Gasteiger partial charge in [-0.2, -0.15) is 4.98 Å². The van der Waals surface area contributed by atoms with Crippen LogP contribution in [0, 0.1) is 16.0 Å². The van der Waals surface area contributed by atoms with Crippen molar-refractivity contribution in [3.8, 4) is 5.75 Å². The second-order valence-electron chi connectivity index (χ2n) is 10.1. The van der Waals surface area contributed by atoms with Crippen LogP contribution in [0.15, 0.2) is 60.8 Å². The van der Waals surface area contributed by atoms with Gasteiger partial charge < -0.3 is 26.4 Å². The van der Waals surface area contributed by atoms with Crippen molar-refractivity contribution in [3.63, 3.8) is 0 Å². The summed E-state index contributed by atoms with van der Waals surface area (Å²) in [5, 5.41) is 20.4. The van der Waals surface area contributed by atoms with Crippen molar-refractivity contribution in [2.75, 3.05) is 17.2 Å². The SMILES string of the molecule is N[C@H](Cc1ccccc1)C(=O)NC1CCC(CNc2nc(NCc3ccccc3OC(F)(F)F)ncc2[N+](=O)[O-])CC1. The van der Waals surface area contributed by atoms with Crippen molar-refractivity contribution in [1.29, 1.82) is 0 Å². The molecule has 2 aromatic carbocycles. The molecule has 1 atom stereocenters. The highest BCUT2D eigenvalue weighted by molar-refractivity contribution is 5.82. The highest BCUT2D eigenvalue weighted by atomic mass is 19.4. The van der Waals surface area contributed by atoms with E-state index in [4.69, 9.17) is 5.73 Å². The minimum absolute atomic E-state index is 0.000335. The number of para-hydroxylation sites is 1.